The highest BCUT2D eigenvalue weighted by Crippen LogP contribution is 2.33. The third kappa shape index (κ3) is 11.0. The van der Waals surface area contributed by atoms with Crippen molar-refractivity contribution in [2.75, 3.05) is 0 Å². The van der Waals surface area contributed by atoms with Gasteiger partial charge >= 0.3 is 36.9 Å². The molecule has 0 atom stereocenters. The van der Waals surface area contributed by atoms with Gasteiger partial charge in [-0.1, -0.05) is 0 Å². The zero-order chi connectivity index (χ0) is 7.49. The fourth-order valence-corrected chi connectivity index (χ4v) is 0.313. The van der Waals surface area contributed by atoms with E-state index in [0.717, 1.165) is 0 Å². The van der Waals surface area contributed by atoms with Crippen LogP contribution in [0.4, 0.5) is 4.79 Å². The number of rotatable bonds is 2. The number of nitrogens with two attached hydrogens (primary N) is 1. The number of hydroxylamine groups is 1. The normalized spacial score (nSPS) is 9.80. The third-order valence-electron chi connectivity index (χ3n) is 0.265. The van der Waals surface area contributed by atoms with E-state index >= 15 is 0 Å². The van der Waals surface area contributed by atoms with Crippen molar-refractivity contribution >= 4 is 36.9 Å². The summed E-state index contributed by atoms with van der Waals surface area (Å²) in [5.74, 6) is 0. The fourth-order valence-electron chi connectivity index (χ4n) is 0.104. The van der Waals surface area contributed by atoms with Gasteiger partial charge < -0.3 is 15.5 Å². The minimum absolute atomic E-state index is 0. The summed E-state index contributed by atoms with van der Waals surface area (Å²) in [5, 5.41) is 0. The van der Waals surface area contributed by atoms with Gasteiger partial charge in [-0.2, -0.15) is 4.62 Å². The Hall–Kier alpha value is 0.146. The molecule has 0 aliphatic rings. The van der Waals surface area contributed by atoms with E-state index in [1.165, 1.54) is 5.48 Å². The van der Waals surface area contributed by atoms with Gasteiger partial charge in [0.25, 0.3) is 0 Å². The molecule has 0 rings (SSSR count). The average Bonchev–Trinajstić information content (AvgIpc) is 1.59. The number of carbonyl (C=O) groups excluding carboxylic acids is 1. The molecule has 7 nitrogen and oxygen atoms in total. The highest BCUT2D eigenvalue weighted by molar-refractivity contribution is 7.46. The molecule has 0 saturated heterocycles. The van der Waals surface area contributed by atoms with Crippen molar-refractivity contribution in [3.8, 4) is 0 Å². The number of primary amides is 1. The fraction of sp³-hybridized carbons (Fsp3) is 0. The van der Waals surface area contributed by atoms with Crippen LogP contribution in [-0.4, -0.2) is 38.9 Å². The Morgan fingerprint density at radius 1 is 1.60 bits per heavy atom. The summed E-state index contributed by atoms with van der Waals surface area (Å²) in [6.07, 6.45) is 0. The zero-order valence-corrected chi connectivity index (χ0v) is 5.04. The van der Waals surface area contributed by atoms with Crippen molar-refractivity contribution in [2.24, 2.45) is 5.73 Å². The van der Waals surface area contributed by atoms with Crippen molar-refractivity contribution in [3.05, 3.63) is 0 Å². The van der Waals surface area contributed by atoms with Crippen LogP contribution in [0.3, 0.4) is 0 Å². The summed E-state index contributed by atoms with van der Waals surface area (Å²) in [7, 11) is -4.63. The number of carbonyl (C=O) groups is 1. The molecule has 0 radical (unpaired) electrons. The Balaban J connectivity index is 0. The van der Waals surface area contributed by atoms with Crippen LogP contribution >= 0.6 is 7.82 Å². The molecule has 10 heavy (non-hydrogen) atoms. The van der Waals surface area contributed by atoms with Gasteiger partial charge in [-0.05, 0) is 0 Å². The first-order valence-corrected chi connectivity index (χ1v) is 3.24. The molecule has 0 aromatic rings. The van der Waals surface area contributed by atoms with Gasteiger partial charge in [-0.3, -0.25) is 0 Å². The first-order chi connectivity index (χ1) is 3.92. The molecule has 0 aliphatic heterocycles. The molecular formula is CH7MgN2O5P. The van der Waals surface area contributed by atoms with Gasteiger partial charge in [0.2, 0.25) is 0 Å². The van der Waals surface area contributed by atoms with E-state index < -0.39 is 13.9 Å². The lowest BCUT2D eigenvalue weighted by Gasteiger charge is -2.01. The second-order valence-corrected chi connectivity index (χ2v) is 2.21. The predicted molar refractivity (Wildman–Crippen MR) is 34.4 cm³/mol. The minimum Gasteiger partial charge on any atom is -0.350 e. The smallest absolute Gasteiger partial charge is 0.350 e. The summed E-state index contributed by atoms with van der Waals surface area (Å²) < 4.78 is 13.2. The Kier molecular flexibility index (Phi) is 6.25. The number of phosphoric acid groups is 1. The molecule has 0 fully saturated rings. The van der Waals surface area contributed by atoms with Crippen LogP contribution in [0.15, 0.2) is 0 Å². The maximum Gasteiger partial charge on any atom is 0.491 e. The molecule has 0 aromatic carbocycles. The summed E-state index contributed by atoms with van der Waals surface area (Å²) in [6, 6.07) is -1.17. The maximum absolute atomic E-state index is 9.74. The van der Waals surface area contributed by atoms with E-state index in [0.29, 0.717) is 0 Å². The Labute approximate surface area is 72.3 Å². The van der Waals surface area contributed by atoms with Crippen molar-refractivity contribution in [3.63, 3.8) is 0 Å². The number of hydrogen-bond acceptors (Lipinski definition) is 3. The van der Waals surface area contributed by atoms with E-state index in [9.17, 15) is 9.36 Å². The number of hydrogen-bond donors (Lipinski definition) is 4. The lowest BCUT2D eigenvalue weighted by Crippen LogP contribution is -2.28. The van der Waals surface area contributed by atoms with Crippen LogP contribution in [0.2, 0.25) is 0 Å². The van der Waals surface area contributed by atoms with Gasteiger partial charge in [0.05, 0.1) is 0 Å². The van der Waals surface area contributed by atoms with Gasteiger partial charge in [0.15, 0.2) is 0 Å². The van der Waals surface area contributed by atoms with E-state index in [1.807, 2.05) is 0 Å². The molecule has 0 aromatic heterocycles. The molecule has 0 heterocycles. The van der Waals surface area contributed by atoms with Crippen LogP contribution in [0.5, 0.6) is 0 Å². The predicted octanol–water partition coefficient (Wildman–Crippen LogP) is -2.24. The van der Waals surface area contributed by atoms with E-state index in [1.54, 1.807) is 0 Å². The molecule has 9 heteroatoms. The van der Waals surface area contributed by atoms with Crippen molar-refractivity contribution < 1.29 is 23.8 Å². The standard InChI is InChI=1S/CH5N2O5P.Mg.2H/c2-1(4)3-8-9(5,6)7;;;/h(H3,2,3,4)(H2,5,6,7);;;. The first kappa shape index (κ1) is 12.8. The summed E-state index contributed by atoms with van der Waals surface area (Å²) in [5.41, 5.74) is 5.64. The van der Waals surface area contributed by atoms with Crippen LogP contribution < -0.4 is 11.2 Å². The molecule has 0 spiro atoms. The SMILES string of the molecule is NC(=O)NOP(=O)(O)O.[MgH2]. The number of amides is 2. The highest BCUT2D eigenvalue weighted by atomic mass is 31.2. The Morgan fingerprint density at radius 2 is 2.00 bits per heavy atom. The van der Waals surface area contributed by atoms with Crippen LogP contribution in [-0.2, 0) is 9.19 Å². The van der Waals surface area contributed by atoms with Gasteiger partial charge in [-0.15, -0.1) is 0 Å². The lowest BCUT2D eigenvalue weighted by molar-refractivity contribution is 0.135. The zero-order valence-electron chi connectivity index (χ0n) is 4.14. The monoisotopic (exact) mass is 182 g/mol. The summed E-state index contributed by atoms with van der Waals surface area (Å²) in [6.45, 7) is 0. The van der Waals surface area contributed by atoms with Gasteiger partial charge in [-0.25, -0.2) is 14.8 Å². The molecule has 2 amide bonds. The topological polar surface area (TPSA) is 122 Å². The molecule has 58 valence electrons. The van der Waals surface area contributed by atoms with Crippen molar-refractivity contribution in [2.45, 2.75) is 0 Å². The van der Waals surface area contributed by atoms with E-state index in [-0.39, 0.29) is 23.1 Å². The average molecular weight is 182 g/mol. The van der Waals surface area contributed by atoms with Crippen LogP contribution in [0.1, 0.15) is 0 Å². The minimum atomic E-state index is -4.63. The molecular weight excluding hydrogens is 175 g/mol. The Morgan fingerprint density at radius 3 is 2.10 bits per heavy atom. The van der Waals surface area contributed by atoms with Gasteiger partial charge in [0, 0.05) is 0 Å². The third-order valence-corrected chi connectivity index (χ3v) is 0.594. The second kappa shape index (κ2) is 4.89. The van der Waals surface area contributed by atoms with E-state index in [4.69, 9.17) is 9.79 Å². The molecule has 0 saturated carbocycles. The number of urea groups is 1. The maximum atomic E-state index is 9.74. The number of nitrogens with one attached hydrogen (secondary N) is 1. The van der Waals surface area contributed by atoms with Crippen LogP contribution in [0.25, 0.3) is 0 Å². The molecule has 5 N–H and O–H groups in total. The first-order valence-electron chi connectivity index (χ1n) is 1.71. The highest BCUT2D eigenvalue weighted by Gasteiger charge is 2.14. The summed E-state index contributed by atoms with van der Waals surface area (Å²) in [4.78, 5) is 25.5. The summed E-state index contributed by atoms with van der Waals surface area (Å²) >= 11 is 0. The largest absolute Gasteiger partial charge is 0.491 e. The molecule has 0 aliphatic carbocycles. The van der Waals surface area contributed by atoms with Crippen molar-refractivity contribution in [1.29, 1.82) is 0 Å². The van der Waals surface area contributed by atoms with Crippen LogP contribution in [0, 0.1) is 0 Å². The Bertz CT molecular complexity index is 154. The van der Waals surface area contributed by atoms with Crippen molar-refractivity contribution in [1.82, 2.24) is 5.48 Å². The quantitative estimate of drug-likeness (QED) is 0.219. The second-order valence-electron chi connectivity index (χ2n) is 1.05. The molecule has 0 unspecified atom stereocenters. The van der Waals surface area contributed by atoms with Gasteiger partial charge in [0.1, 0.15) is 0 Å². The molecule has 0 bridgehead atoms. The lowest BCUT2D eigenvalue weighted by atomic mass is 11.2. The van der Waals surface area contributed by atoms with E-state index in [2.05, 4.69) is 10.4 Å².